The molecule has 6 nitrogen and oxygen atoms in total. The summed E-state index contributed by atoms with van der Waals surface area (Å²) in [5.41, 5.74) is 2.61. The van der Waals surface area contributed by atoms with Crippen LogP contribution in [0, 0.1) is 6.92 Å². The van der Waals surface area contributed by atoms with Crippen LogP contribution in [0.3, 0.4) is 0 Å². The molecule has 7 heteroatoms. The van der Waals surface area contributed by atoms with Crippen LogP contribution in [-0.2, 0) is 17.9 Å². The Morgan fingerprint density at radius 1 is 1.45 bits per heavy atom. The van der Waals surface area contributed by atoms with E-state index in [1.165, 1.54) is 4.68 Å². The first-order chi connectivity index (χ1) is 9.58. The van der Waals surface area contributed by atoms with Gasteiger partial charge in [-0.1, -0.05) is 21.1 Å². The van der Waals surface area contributed by atoms with E-state index in [4.69, 9.17) is 0 Å². The van der Waals surface area contributed by atoms with E-state index in [1.54, 1.807) is 6.20 Å². The predicted octanol–water partition coefficient (Wildman–Crippen LogP) is 1.71. The Balaban J connectivity index is 1.97. The lowest BCUT2D eigenvalue weighted by Crippen LogP contribution is -2.19. The second kappa shape index (κ2) is 6.62. The molecule has 2 aromatic rings. The second-order valence-electron chi connectivity index (χ2n) is 4.45. The van der Waals surface area contributed by atoms with E-state index in [0.29, 0.717) is 6.54 Å². The smallest absolute Gasteiger partial charge is 0.246 e. The highest BCUT2D eigenvalue weighted by molar-refractivity contribution is 9.10. The van der Waals surface area contributed by atoms with Gasteiger partial charge >= 0.3 is 0 Å². The third kappa shape index (κ3) is 3.88. The quantitative estimate of drug-likeness (QED) is 0.871. The number of aryl methyl sites for hydroxylation is 1. The van der Waals surface area contributed by atoms with Gasteiger partial charge in [0.2, 0.25) is 5.91 Å². The van der Waals surface area contributed by atoms with E-state index >= 15 is 0 Å². The molecule has 0 saturated carbocycles. The summed E-state index contributed by atoms with van der Waals surface area (Å²) in [7, 11) is 1.84. The van der Waals surface area contributed by atoms with Gasteiger partial charge in [-0.2, -0.15) is 0 Å². The number of anilines is 1. The monoisotopic (exact) mass is 337 g/mol. The van der Waals surface area contributed by atoms with Gasteiger partial charge in [0, 0.05) is 16.7 Å². The van der Waals surface area contributed by atoms with Crippen molar-refractivity contribution in [3.05, 3.63) is 40.1 Å². The molecule has 0 spiro atoms. The molecule has 0 aliphatic rings. The third-order valence-corrected chi connectivity index (χ3v) is 3.21. The van der Waals surface area contributed by atoms with Gasteiger partial charge in [-0.15, -0.1) is 5.10 Å². The van der Waals surface area contributed by atoms with E-state index in [-0.39, 0.29) is 12.5 Å². The fourth-order valence-electron chi connectivity index (χ4n) is 1.78. The fourth-order valence-corrected chi connectivity index (χ4v) is 2.26. The van der Waals surface area contributed by atoms with Crippen LogP contribution in [0.25, 0.3) is 0 Å². The summed E-state index contributed by atoms with van der Waals surface area (Å²) in [6.45, 7) is 2.72. The highest BCUT2D eigenvalue weighted by Crippen LogP contribution is 2.19. The first kappa shape index (κ1) is 14.7. The highest BCUT2D eigenvalue weighted by atomic mass is 79.9. The van der Waals surface area contributed by atoms with Crippen LogP contribution in [0.15, 0.2) is 28.9 Å². The molecule has 2 N–H and O–H groups in total. The van der Waals surface area contributed by atoms with Gasteiger partial charge in [0.05, 0.1) is 11.9 Å². The number of carbonyl (C=O) groups excluding carboxylic acids is 1. The minimum atomic E-state index is -0.128. The molecule has 106 valence electrons. The molecule has 0 unspecified atom stereocenters. The molecule has 1 heterocycles. The molecule has 20 heavy (non-hydrogen) atoms. The van der Waals surface area contributed by atoms with Crippen LogP contribution < -0.4 is 10.6 Å². The van der Waals surface area contributed by atoms with Gasteiger partial charge in [0.15, 0.2) is 0 Å². The van der Waals surface area contributed by atoms with Crippen molar-refractivity contribution >= 4 is 27.5 Å². The first-order valence-electron chi connectivity index (χ1n) is 6.18. The molecule has 0 aliphatic heterocycles. The zero-order valence-corrected chi connectivity index (χ0v) is 12.9. The highest BCUT2D eigenvalue weighted by Gasteiger charge is 2.08. The van der Waals surface area contributed by atoms with Crippen molar-refractivity contribution in [2.24, 2.45) is 0 Å². The molecular formula is C13H16BrN5O. The molecule has 0 radical (unpaired) electrons. The summed E-state index contributed by atoms with van der Waals surface area (Å²) < 4.78 is 2.51. The van der Waals surface area contributed by atoms with Gasteiger partial charge in [0.1, 0.15) is 6.54 Å². The summed E-state index contributed by atoms with van der Waals surface area (Å²) in [5, 5.41) is 13.7. The van der Waals surface area contributed by atoms with Gasteiger partial charge in [0.25, 0.3) is 0 Å². The van der Waals surface area contributed by atoms with Crippen LogP contribution in [-0.4, -0.2) is 27.9 Å². The third-order valence-electron chi connectivity index (χ3n) is 2.71. The molecule has 0 fully saturated rings. The Hall–Kier alpha value is -1.73. The van der Waals surface area contributed by atoms with E-state index in [1.807, 2.05) is 32.2 Å². The summed E-state index contributed by atoms with van der Waals surface area (Å²) in [6, 6.07) is 5.71. The summed E-state index contributed by atoms with van der Waals surface area (Å²) in [6.07, 6.45) is 1.75. The molecule has 0 atom stereocenters. The standard InChI is InChI=1S/C13H16BrN5O/c1-9-5-10(14)3-4-12(9)16-13(20)8-19-7-11(6-15-2)17-18-19/h3-5,7,15H,6,8H2,1-2H3,(H,16,20). The van der Waals surface area contributed by atoms with Crippen LogP contribution in [0.5, 0.6) is 0 Å². The number of aromatic nitrogens is 3. The van der Waals surface area contributed by atoms with Crippen LogP contribution in [0.2, 0.25) is 0 Å². The van der Waals surface area contributed by atoms with Crippen molar-refractivity contribution in [2.75, 3.05) is 12.4 Å². The Bertz CT molecular complexity index is 611. The zero-order valence-electron chi connectivity index (χ0n) is 11.4. The SMILES string of the molecule is CNCc1cn(CC(=O)Nc2ccc(Br)cc2C)nn1. The maximum absolute atomic E-state index is 12.0. The lowest BCUT2D eigenvalue weighted by Gasteiger charge is -2.08. The van der Waals surface area contributed by atoms with Crippen molar-refractivity contribution in [3.63, 3.8) is 0 Å². The van der Waals surface area contributed by atoms with Crippen molar-refractivity contribution in [1.82, 2.24) is 20.3 Å². The number of hydrogen-bond acceptors (Lipinski definition) is 4. The molecular weight excluding hydrogens is 322 g/mol. The van der Waals surface area contributed by atoms with E-state index in [0.717, 1.165) is 21.4 Å². The molecule has 1 amide bonds. The van der Waals surface area contributed by atoms with Gasteiger partial charge in [-0.3, -0.25) is 4.79 Å². The maximum atomic E-state index is 12.0. The summed E-state index contributed by atoms with van der Waals surface area (Å²) in [4.78, 5) is 12.0. The molecule has 1 aromatic carbocycles. The number of benzene rings is 1. The van der Waals surface area contributed by atoms with E-state index in [2.05, 4.69) is 36.9 Å². The van der Waals surface area contributed by atoms with Gasteiger partial charge < -0.3 is 10.6 Å². The van der Waals surface area contributed by atoms with Crippen molar-refractivity contribution < 1.29 is 4.79 Å². The fraction of sp³-hybridized carbons (Fsp3) is 0.308. The lowest BCUT2D eigenvalue weighted by molar-refractivity contribution is -0.116. The average Bonchev–Trinajstić information content (AvgIpc) is 2.81. The average molecular weight is 338 g/mol. The summed E-state index contributed by atoms with van der Waals surface area (Å²) in [5.74, 6) is -0.128. The van der Waals surface area contributed by atoms with Crippen molar-refractivity contribution in [1.29, 1.82) is 0 Å². The number of nitrogens with zero attached hydrogens (tertiary/aromatic N) is 3. The van der Waals surface area contributed by atoms with E-state index < -0.39 is 0 Å². The summed E-state index contributed by atoms with van der Waals surface area (Å²) >= 11 is 3.39. The molecule has 2 rings (SSSR count). The molecule has 1 aromatic heterocycles. The first-order valence-corrected chi connectivity index (χ1v) is 6.97. The second-order valence-corrected chi connectivity index (χ2v) is 5.36. The number of halogens is 1. The molecule has 0 saturated heterocycles. The predicted molar refractivity (Wildman–Crippen MR) is 80.3 cm³/mol. The Kier molecular flexibility index (Phi) is 4.86. The van der Waals surface area contributed by atoms with Crippen molar-refractivity contribution in [3.8, 4) is 0 Å². The Morgan fingerprint density at radius 2 is 2.25 bits per heavy atom. The minimum Gasteiger partial charge on any atom is -0.324 e. The largest absolute Gasteiger partial charge is 0.324 e. The lowest BCUT2D eigenvalue weighted by atomic mass is 10.2. The minimum absolute atomic E-state index is 0.128. The van der Waals surface area contributed by atoms with Crippen molar-refractivity contribution in [2.45, 2.75) is 20.0 Å². The zero-order chi connectivity index (χ0) is 14.5. The normalized spacial score (nSPS) is 10.6. The molecule has 0 aliphatic carbocycles. The Labute approximate surface area is 125 Å². The Morgan fingerprint density at radius 3 is 2.95 bits per heavy atom. The maximum Gasteiger partial charge on any atom is 0.246 e. The number of rotatable bonds is 5. The van der Waals surface area contributed by atoms with Crippen LogP contribution >= 0.6 is 15.9 Å². The number of hydrogen-bond donors (Lipinski definition) is 2. The van der Waals surface area contributed by atoms with Gasteiger partial charge in [-0.05, 0) is 37.7 Å². The number of nitrogens with one attached hydrogen (secondary N) is 2. The van der Waals surface area contributed by atoms with Crippen LogP contribution in [0.4, 0.5) is 5.69 Å². The van der Waals surface area contributed by atoms with Crippen LogP contribution in [0.1, 0.15) is 11.3 Å². The topological polar surface area (TPSA) is 71.8 Å². The number of amides is 1. The molecule has 0 bridgehead atoms. The van der Waals surface area contributed by atoms with Gasteiger partial charge in [-0.25, -0.2) is 4.68 Å². The van der Waals surface area contributed by atoms with E-state index in [9.17, 15) is 4.79 Å². The number of carbonyl (C=O) groups is 1.